The summed E-state index contributed by atoms with van der Waals surface area (Å²) in [6, 6.07) is 0.719. The van der Waals surface area contributed by atoms with E-state index in [2.05, 4.69) is 21.4 Å². The van der Waals surface area contributed by atoms with Gasteiger partial charge in [0.25, 0.3) is 0 Å². The number of aromatic nitrogens is 2. The van der Waals surface area contributed by atoms with Crippen LogP contribution in [-0.2, 0) is 6.18 Å². The van der Waals surface area contributed by atoms with Crippen LogP contribution in [0.25, 0.3) is 0 Å². The Hall–Kier alpha value is -1.30. The SMILES string of the molecule is FC(F)(F)c1cc(Cl)nc(NCCC2=CCCCC2)n1. The van der Waals surface area contributed by atoms with Crippen molar-refractivity contribution in [3.8, 4) is 0 Å². The maximum Gasteiger partial charge on any atom is 0.433 e. The molecule has 1 N–H and O–H groups in total. The predicted molar refractivity (Wildman–Crippen MR) is 71.7 cm³/mol. The first kappa shape index (κ1) is 15.1. The molecule has 0 saturated heterocycles. The lowest BCUT2D eigenvalue weighted by molar-refractivity contribution is -0.141. The van der Waals surface area contributed by atoms with Crippen molar-refractivity contribution < 1.29 is 13.2 Å². The molecule has 0 radical (unpaired) electrons. The first-order chi connectivity index (χ1) is 9.45. The van der Waals surface area contributed by atoms with E-state index >= 15 is 0 Å². The minimum atomic E-state index is -4.52. The molecule has 1 aliphatic rings. The van der Waals surface area contributed by atoms with Gasteiger partial charge in [0.2, 0.25) is 5.95 Å². The van der Waals surface area contributed by atoms with E-state index in [1.165, 1.54) is 18.4 Å². The van der Waals surface area contributed by atoms with Gasteiger partial charge in [0.05, 0.1) is 0 Å². The Kier molecular flexibility index (Phi) is 4.86. The molecule has 0 spiro atoms. The van der Waals surface area contributed by atoms with Crippen LogP contribution in [0.2, 0.25) is 5.15 Å². The van der Waals surface area contributed by atoms with E-state index in [9.17, 15) is 13.2 Å². The molecule has 3 nitrogen and oxygen atoms in total. The molecule has 1 aliphatic carbocycles. The van der Waals surface area contributed by atoms with Crippen LogP contribution in [-0.4, -0.2) is 16.5 Å². The Morgan fingerprint density at radius 2 is 2.05 bits per heavy atom. The lowest BCUT2D eigenvalue weighted by Crippen LogP contribution is -2.13. The van der Waals surface area contributed by atoms with Gasteiger partial charge in [-0.1, -0.05) is 23.3 Å². The van der Waals surface area contributed by atoms with Crippen LogP contribution in [0.15, 0.2) is 17.7 Å². The number of allylic oxidation sites excluding steroid dienone is 1. The van der Waals surface area contributed by atoms with Gasteiger partial charge < -0.3 is 5.32 Å². The van der Waals surface area contributed by atoms with E-state index in [0.717, 1.165) is 25.3 Å². The number of hydrogen-bond acceptors (Lipinski definition) is 3. The molecule has 20 heavy (non-hydrogen) atoms. The monoisotopic (exact) mass is 305 g/mol. The van der Waals surface area contributed by atoms with Gasteiger partial charge in [-0.05, 0) is 32.1 Å². The fourth-order valence-corrected chi connectivity index (χ4v) is 2.29. The third-order valence-corrected chi connectivity index (χ3v) is 3.29. The van der Waals surface area contributed by atoms with Crippen molar-refractivity contribution in [2.45, 2.75) is 38.3 Å². The summed E-state index contributed by atoms with van der Waals surface area (Å²) in [4.78, 5) is 7.19. The van der Waals surface area contributed by atoms with Crippen LogP contribution in [0.5, 0.6) is 0 Å². The van der Waals surface area contributed by atoms with Gasteiger partial charge in [-0.2, -0.15) is 13.2 Å². The highest BCUT2D eigenvalue weighted by atomic mass is 35.5. The number of rotatable bonds is 4. The summed E-state index contributed by atoms with van der Waals surface area (Å²) >= 11 is 5.58. The lowest BCUT2D eigenvalue weighted by atomic mass is 9.97. The lowest BCUT2D eigenvalue weighted by Gasteiger charge is -2.13. The van der Waals surface area contributed by atoms with Gasteiger partial charge >= 0.3 is 6.18 Å². The average molecular weight is 306 g/mol. The van der Waals surface area contributed by atoms with Gasteiger partial charge in [0.15, 0.2) is 5.69 Å². The van der Waals surface area contributed by atoms with E-state index < -0.39 is 11.9 Å². The number of nitrogens with zero attached hydrogens (tertiary/aromatic N) is 2. The zero-order valence-corrected chi connectivity index (χ0v) is 11.6. The molecule has 2 rings (SSSR count). The van der Waals surface area contributed by atoms with Crippen LogP contribution >= 0.6 is 11.6 Å². The number of halogens is 4. The fourth-order valence-electron chi connectivity index (χ4n) is 2.11. The molecule has 110 valence electrons. The van der Waals surface area contributed by atoms with Gasteiger partial charge in [0, 0.05) is 12.6 Å². The Labute approximate surface area is 120 Å². The second-order valence-corrected chi connectivity index (χ2v) is 5.07. The highest BCUT2D eigenvalue weighted by molar-refractivity contribution is 6.29. The molecule has 0 aromatic carbocycles. The Bertz CT molecular complexity index is 500. The maximum absolute atomic E-state index is 12.6. The summed E-state index contributed by atoms with van der Waals surface area (Å²) < 4.78 is 37.7. The predicted octanol–water partition coefficient (Wildman–Crippen LogP) is 4.45. The van der Waals surface area contributed by atoms with E-state index in [0.29, 0.717) is 6.54 Å². The Balaban J connectivity index is 1.95. The smallest absolute Gasteiger partial charge is 0.354 e. The largest absolute Gasteiger partial charge is 0.433 e. The Morgan fingerprint density at radius 3 is 2.70 bits per heavy atom. The summed E-state index contributed by atoms with van der Waals surface area (Å²) in [6.45, 7) is 0.503. The first-order valence-corrected chi connectivity index (χ1v) is 6.86. The summed E-state index contributed by atoms with van der Waals surface area (Å²) in [5.41, 5.74) is 0.304. The van der Waals surface area contributed by atoms with Gasteiger partial charge in [-0.25, -0.2) is 9.97 Å². The molecule has 1 heterocycles. The number of hydrogen-bond donors (Lipinski definition) is 1. The molecule has 0 amide bonds. The molecule has 7 heteroatoms. The molecule has 0 atom stereocenters. The molecule has 0 aliphatic heterocycles. The summed E-state index contributed by atoms with van der Waals surface area (Å²) in [7, 11) is 0. The maximum atomic E-state index is 12.6. The minimum Gasteiger partial charge on any atom is -0.354 e. The summed E-state index contributed by atoms with van der Waals surface area (Å²) in [5.74, 6) is -0.0822. The number of nitrogens with one attached hydrogen (secondary N) is 1. The molecule has 0 fully saturated rings. The van der Waals surface area contributed by atoms with Crippen LogP contribution in [0, 0.1) is 0 Å². The second kappa shape index (κ2) is 6.43. The van der Waals surface area contributed by atoms with Crippen molar-refractivity contribution in [3.63, 3.8) is 0 Å². The van der Waals surface area contributed by atoms with Gasteiger partial charge in [0.1, 0.15) is 5.15 Å². The highest BCUT2D eigenvalue weighted by Gasteiger charge is 2.33. The van der Waals surface area contributed by atoms with Crippen LogP contribution in [0.1, 0.15) is 37.8 Å². The molecule has 1 aromatic heterocycles. The topological polar surface area (TPSA) is 37.8 Å². The van der Waals surface area contributed by atoms with Crippen LogP contribution in [0.4, 0.5) is 19.1 Å². The van der Waals surface area contributed by atoms with Crippen molar-refractivity contribution in [3.05, 3.63) is 28.6 Å². The minimum absolute atomic E-state index is 0.0822. The van der Waals surface area contributed by atoms with Crippen molar-refractivity contribution in [2.75, 3.05) is 11.9 Å². The summed E-state index contributed by atoms with van der Waals surface area (Å²) in [5, 5.41) is 2.58. The van der Waals surface area contributed by atoms with Crippen LogP contribution in [0.3, 0.4) is 0 Å². The summed E-state index contributed by atoms with van der Waals surface area (Å²) in [6.07, 6.45) is 3.01. The standard InChI is InChI=1S/C13H15ClF3N3/c14-11-8-10(13(15,16)17)19-12(20-11)18-7-6-9-4-2-1-3-5-9/h4,8H,1-3,5-7H2,(H,18,19,20). The van der Waals surface area contributed by atoms with Crippen molar-refractivity contribution in [2.24, 2.45) is 0 Å². The van der Waals surface area contributed by atoms with Gasteiger partial charge in [-0.15, -0.1) is 0 Å². The third-order valence-electron chi connectivity index (χ3n) is 3.10. The third kappa shape index (κ3) is 4.37. The van der Waals surface area contributed by atoms with E-state index in [1.807, 2.05) is 0 Å². The van der Waals surface area contributed by atoms with Crippen molar-refractivity contribution in [1.82, 2.24) is 9.97 Å². The highest BCUT2D eigenvalue weighted by Crippen LogP contribution is 2.29. The quantitative estimate of drug-likeness (QED) is 0.659. The number of anilines is 1. The van der Waals surface area contributed by atoms with E-state index in [-0.39, 0.29) is 11.1 Å². The normalized spacial score (nSPS) is 15.9. The molecule has 0 saturated carbocycles. The van der Waals surface area contributed by atoms with Crippen molar-refractivity contribution >= 4 is 17.5 Å². The number of alkyl halides is 3. The van der Waals surface area contributed by atoms with Crippen LogP contribution < -0.4 is 5.32 Å². The fraction of sp³-hybridized carbons (Fsp3) is 0.538. The zero-order chi connectivity index (χ0) is 14.6. The molecule has 1 aromatic rings. The van der Waals surface area contributed by atoms with Crippen molar-refractivity contribution in [1.29, 1.82) is 0 Å². The van der Waals surface area contributed by atoms with E-state index in [1.54, 1.807) is 0 Å². The van der Waals surface area contributed by atoms with Gasteiger partial charge in [-0.3, -0.25) is 0 Å². The Morgan fingerprint density at radius 1 is 1.25 bits per heavy atom. The molecule has 0 bridgehead atoms. The molecular weight excluding hydrogens is 291 g/mol. The molecular formula is C13H15ClF3N3. The first-order valence-electron chi connectivity index (χ1n) is 6.49. The second-order valence-electron chi connectivity index (χ2n) is 4.68. The van der Waals surface area contributed by atoms with E-state index in [4.69, 9.17) is 11.6 Å². The zero-order valence-electron chi connectivity index (χ0n) is 10.8. The average Bonchev–Trinajstić information content (AvgIpc) is 2.38. The molecule has 0 unspecified atom stereocenters.